The highest BCUT2D eigenvalue weighted by molar-refractivity contribution is 6.30. The Balaban J connectivity index is 2.60. The molecular weight excluding hydrogens is 277 g/mol. The number of nitriles is 1. The van der Waals surface area contributed by atoms with Gasteiger partial charge in [-0.3, -0.25) is 0 Å². The summed E-state index contributed by atoms with van der Waals surface area (Å²) in [5.41, 5.74) is -0.375. The Kier molecular flexibility index (Phi) is 5.07. The van der Waals surface area contributed by atoms with Crippen LogP contribution in [0.1, 0.15) is 26.2 Å². The van der Waals surface area contributed by atoms with Crippen LogP contribution >= 0.6 is 11.6 Å². The molecule has 0 aliphatic heterocycles. The zero-order chi connectivity index (χ0) is 14.5. The van der Waals surface area contributed by atoms with Crippen LogP contribution in [0.4, 0.5) is 18.9 Å². The van der Waals surface area contributed by atoms with E-state index in [0.29, 0.717) is 10.7 Å². The maximum atomic E-state index is 12.1. The predicted molar refractivity (Wildman–Crippen MR) is 69.0 cm³/mol. The molecule has 1 aromatic carbocycles. The van der Waals surface area contributed by atoms with Crippen molar-refractivity contribution in [1.82, 2.24) is 0 Å². The zero-order valence-electron chi connectivity index (χ0n) is 10.4. The van der Waals surface area contributed by atoms with Crippen LogP contribution < -0.4 is 5.32 Å². The van der Waals surface area contributed by atoms with Crippen molar-refractivity contribution in [1.29, 1.82) is 5.26 Å². The van der Waals surface area contributed by atoms with Crippen molar-refractivity contribution in [3.63, 3.8) is 0 Å². The van der Waals surface area contributed by atoms with Gasteiger partial charge in [0.1, 0.15) is 5.54 Å². The van der Waals surface area contributed by atoms with Gasteiger partial charge < -0.3 is 5.32 Å². The van der Waals surface area contributed by atoms with Gasteiger partial charge in [-0.05, 0) is 44.0 Å². The van der Waals surface area contributed by atoms with Crippen molar-refractivity contribution >= 4 is 17.3 Å². The molecule has 104 valence electrons. The van der Waals surface area contributed by atoms with E-state index in [1.165, 1.54) is 0 Å². The maximum absolute atomic E-state index is 12.1. The molecule has 0 fully saturated rings. The number of benzene rings is 1. The first-order valence-corrected chi connectivity index (χ1v) is 6.14. The fourth-order valence-corrected chi connectivity index (χ4v) is 1.77. The van der Waals surface area contributed by atoms with Crippen LogP contribution in [-0.2, 0) is 0 Å². The van der Waals surface area contributed by atoms with Crippen LogP contribution in [0.15, 0.2) is 24.3 Å². The highest BCUT2D eigenvalue weighted by atomic mass is 35.5. The summed E-state index contributed by atoms with van der Waals surface area (Å²) in [5, 5.41) is 12.6. The minimum absolute atomic E-state index is 0.0891. The van der Waals surface area contributed by atoms with E-state index in [0.717, 1.165) is 0 Å². The molecule has 1 aromatic rings. The van der Waals surface area contributed by atoms with Crippen LogP contribution in [0, 0.1) is 11.3 Å². The number of rotatable bonds is 5. The van der Waals surface area contributed by atoms with Gasteiger partial charge in [-0.1, -0.05) is 11.6 Å². The Bertz CT molecular complexity index is 450. The van der Waals surface area contributed by atoms with Gasteiger partial charge >= 0.3 is 6.18 Å². The van der Waals surface area contributed by atoms with E-state index in [-0.39, 0.29) is 12.8 Å². The summed E-state index contributed by atoms with van der Waals surface area (Å²) in [4.78, 5) is 0. The molecule has 6 heteroatoms. The van der Waals surface area contributed by atoms with E-state index in [1.807, 2.05) is 6.07 Å². The Labute approximate surface area is 115 Å². The van der Waals surface area contributed by atoms with E-state index in [1.54, 1.807) is 31.2 Å². The third kappa shape index (κ3) is 5.84. The number of alkyl halides is 3. The highest BCUT2D eigenvalue weighted by Crippen LogP contribution is 2.27. The fraction of sp³-hybridized carbons (Fsp3) is 0.462. The zero-order valence-corrected chi connectivity index (χ0v) is 11.1. The molecule has 0 amide bonds. The number of nitrogens with zero attached hydrogens (tertiary/aromatic N) is 1. The van der Waals surface area contributed by atoms with Crippen molar-refractivity contribution in [3.8, 4) is 6.07 Å². The molecule has 19 heavy (non-hydrogen) atoms. The molecule has 1 atom stereocenters. The van der Waals surface area contributed by atoms with Gasteiger partial charge in [0.2, 0.25) is 0 Å². The standard InChI is InChI=1S/C13H14ClF3N2/c1-12(9-18,7-2-8-13(15,16)17)19-11-5-3-10(14)4-6-11/h3-6,19H,2,7-8H2,1H3. The van der Waals surface area contributed by atoms with Gasteiger partial charge in [-0.15, -0.1) is 0 Å². The Morgan fingerprint density at radius 3 is 2.26 bits per heavy atom. The molecule has 0 aromatic heterocycles. The molecular formula is C13H14ClF3N2. The Hall–Kier alpha value is -1.41. The van der Waals surface area contributed by atoms with Crippen molar-refractivity contribution < 1.29 is 13.2 Å². The fourth-order valence-electron chi connectivity index (χ4n) is 1.64. The average Bonchev–Trinajstić information content (AvgIpc) is 2.30. The van der Waals surface area contributed by atoms with E-state index in [2.05, 4.69) is 5.32 Å². The van der Waals surface area contributed by atoms with E-state index in [9.17, 15) is 13.2 Å². The van der Waals surface area contributed by atoms with Crippen LogP contribution in [-0.4, -0.2) is 11.7 Å². The van der Waals surface area contributed by atoms with Crippen LogP contribution in [0.2, 0.25) is 5.02 Å². The van der Waals surface area contributed by atoms with Gasteiger partial charge in [-0.2, -0.15) is 18.4 Å². The topological polar surface area (TPSA) is 35.8 Å². The SMILES string of the molecule is CC(C#N)(CCCC(F)(F)F)Nc1ccc(Cl)cc1. The summed E-state index contributed by atoms with van der Waals surface area (Å²) in [6, 6.07) is 8.68. The predicted octanol–water partition coefficient (Wildman–Crippen LogP) is 4.77. The first kappa shape index (κ1) is 15.6. The van der Waals surface area contributed by atoms with Gasteiger partial charge in [0.15, 0.2) is 0 Å². The Morgan fingerprint density at radius 1 is 1.21 bits per heavy atom. The lowest BCUT2D eigenvalue weighted by Crippen LogP contribution is -2.33. The van der Waals surface area contributed by atoms with Crippen molar-refractivity contribution in [3.05, 3.63) is 29.3 Å². The number of nitrogens with one attached hydrogen (secondary N) is 1. The molecule has 0 bridgehead atoms. The summed E-state index contributed by atoms with van der Waals surface area (Å²) >= 11 is 5.73. The van der Waals surface area contributed by atoms with Crippen molar-refractivity contribution in [2.75, 3.05) is 5.32 Å². The lowest BCUT2D eigenvalue weighted by atomic mass is 9.96. The first-order valence-electron chi connectivity index (χ1n) is 5.76. The van der Waals surface area contributed by atoms with Gasteiger partial charge in [0.25, 0.3) is 0 Å². The lowest BCUT2D eigenvalue weighted by molar-refractivity contribution is -0.135. The normalized spacial score (nSPS) is 14.5. The van der Waals surface area contributed by atoms with Crippen LogP contribution in [0.25, 0.3) is 0 Å². The summed E-state index contributed by atoms with van der Waals surface area (Å²) in [5.74, 6) is 0. The minimum atomic E-state index is -4.18. The molecule has 0 radical (unpaired) electrons. The Morgan fingerprint density at radius 2 is 1.79 bits per heavy atom. The molecule has 1 unspecified atom stereocenters. The van der Waals surface area contributed by atoms with Crippen LogP contribution in [0.3, 0.4) is 0 Å². The number of anilines is 1. The molecule has 0 heterocycles. The quantitative estimate of drug-likeness (QED) is 0.848. The minimum Gasteiger partial charge on any atom is -0.368 e. The van der Waals surface area contributed by atoms with Gasteiger partial charge in [0, 0.05) is 17.1 Å². The van der Waals surface area contributed by atoms with Crippen molar-refractivity contribution in [2.24, 2.45) is 0 Å². The molecule has 0 saturated carbocycles. The molecule has 0 saturated heterocycles. The van der Waals surface area contributed by atoms with Crippen molar-refractivity contribution in [2.45, 2.75) is 37.9 Å². The molecule has 0 aliphatic carbocycles. The third-order valence-corrected chi connectivity index (χ3v) is 2.90. The summed E-state index contributed by atoms with van der Waals surface area (Å²) in [6.45, 7) is 1.58. The second-order valence-electron chi connectivity index (χ2n) is 4.54. The van der Waals surface area contributed by atoms with E-state index >= 15 is 0 Å². The monoisotopic (exact) mass is 290 g/mol. The summed E-state index contributed by atoms with van der Waals surface area (Å²) < 4.78 is 36.3. The second kappa shape index (κ2) is 6.16. The second-order valence-corrected chi connectivity index (χ2v) is 4.98. The highest BCUT2D eigenvalue weighted by Gasteiger charge is 2.30. The smallest absolute Gasteiger partial charge is 0.368 e. The molecule has 1 rings (SSSR count). The van der Waals surface area contributed by atoms with Gasteiger partial charge in [-0.25, -0.2) is 0 Å². The largest absolute Gasteiger partial charge is 0.389 e. The van der Waals surface area contributed by atoms with E-state index < -0.39 is 18.1 Å². The summed E-state index contributed by atoms with van der Waals surface area (Å²) in [6.07, 6.45) is -5.04. The molecule has 0 aliphatic rings. The number of hydrogen-bond acceptors (Lipinski definition) is 2. The first-order chi connectivity index (χ1) is 8.74. The van der Waals surface area contributed by atoms with Gasteiger partial charge in [0.05, 0.1) is 6.07 Å². The van der Waals surface area contributed by atoms with E-state index in [4.69, 9.17) is 16.9 Å². The van der Waals surface area contributed by atoms with Crippen LogP contribution in [0.5, 0.6) is 0 Å². The lowest BCUT2D eigenvalue weighted by Gasteiger charge is -2.24. The maximum Gasteiger partial charge on any atom is 0.389 e. The number of hydrogen-bond donors (Lipinski definition) is 1. The summed E-state index contributed by atoms with van der Waals surface area (Å²) in [7, 11) is 0. The average molecular weight is 291 g/mol. The number of halogens is 4. The molecule has 1 N–H and O–H groups in total. The molecule has 2 nitrogen and oxygen atoms in total. The molecule has 0 spiro atoms. The third-order valence-electron chi connectivity index (χ3n) is 2.65.